The average Bonchev–Trinajstić information content (AvgIpc) is 2.52. The van der Waals surface area contributed by atoms with Crippen LogP contribution in [0.2, 0.25) is 0 Å². The van der Waals surface area contributed by atoms with E-state index in [0.29, 0.717) is 12.2 Å². The van der Waals surface area contributed by atoms with Crippen LogP contribution in [0.15, 0.2) is 53.4 Å². The third-order valence-electron chi connectivity index (χ3n) is 3.20. The van der Waals surface area contributed by atoms with Crippen LogP contribution in [0.3, 0.4) is 0 Å². The molecule has 1 unspecified atom stereocenters. The molecule has 22 heavy (non-hydrogen) atoms. The molecule has 1 atom stereocenters. The van der Waals surface area contributed by atoms with Gasteiger partial charge in [-0.2, -0.15) is 0 Å². The van der Waals surface area contributed by atoms with E-state index in [9.17, 15) is 13.6 Å². The molecule has 1 amide bonds. The first-order valence-electron chi connectivity index (χ1n) is 7.01. The Morgan fingerprint density at radius 1 is 1.14 bits per heavy atom. The summed E-state index contributed by atoms with van der Waals surface area (Å²) in [6.07, 6.45) is 0. The maximum absolute atomic E-state index is 13.4. The quantitative estimate of drug-likeness (QED) is 0.756. The number of amides is 1. The lowest BCUT2D eigenvalue weighted by atomic mass is 10.2. The van der Waals surface area contributed by atoms with E-state index in [1.165, 1.54) is 22.7 Å². The lowest BCUT2D eigenvalue weighted by Gasteiger charge is -2.24. The van der Waals surface area contributed by atoms with E-state index in [1.807, 2.05) is 37.3 Å². The zero-order valence-corrected chi connectivity index (χ0v) is 13.2. The maximum Gasteiger partial charge on any atom is 0.240 e. The largest absolute Gasteiger partial charge is 0.312 e. The Kier molecular flexibility index (Phi) is 5.55. The van der Waals surface area contributed by atoms with Gasteiger partial charge in [-0.1, -0.05) is 18.2 Å². The SMILES string of the molecule is CCN(C(=O)C(C)Sc1ccccc1)c1ccc(F)c(F)c1. The van der Waals surface area contributed by atoms with Crippen molar-refractivity contribution in [2.24, 2.45) is 0 Å². The average molecular weight is 321 g/mol. The number of anilines is 1. The Labute approximate surface area is 133 Å². The smallest absolute Gasteiger partial charge is 0.240 e. The van der Waals surface area contributed by atoms with E-state index < -0.39 is 11.6 Å². The van der Waals surface area contributed by atoms with Gasteiger partial charge < -0.3 is 4.90 Å². The standard InChI is InChI=1S/C17H17F2NOS/c1-3-20(13-9-10-15(18)16(19)11-13)17(21)12(2)22-14-7-5-4-6-8-14/h4-12H,3H2,1-2H3. The number of hydrogen-bond donors (Lipinski definition) is 0. The minimum atomic E-state index is -0.952. The summed E-state index contributed by atoms with van der Waals surface area (Å²) in [5, 5.41) is -0.324. The predicted octanol–water partition coefficient (Wildman–Crippen LogP) is 4.50. The number of carbonyl (C=O) groups is 1. The molecule has 0 N–H and O–H groups in total. The van der Waals surface area contributed by atoms with Crippen molar-refractivity contribution in [2.75, 3.05) is 11.4 Å². The van der Waals surface area contributed by atoms with Gasteiger partial charge in [-0.25, -0.2) is 8.78 Å². The number of benzene rings is 2. The fourth-order valence-electron chi connectivity index (χ4n) is 2.09. The highest BCUT2D eigenvalue weighted by molar-refractivity contribution is 8.00. The van der Waals surface area contributed by atoms with E-state index in [2.05, 4.69) is 0 Å². The van der Waals surface area contributed by atoms with E-state index >= 15 is 0 Å². The Hall–Kier alpha value is -1.88. The zero-order valence-electron chi connectivity index (χ0n) is 12.4. The van der Waals surface area contributed by atoms with E-state index in [-0.39, 0.29) is 11.2 Å². The first-order chi connectivity index (χ1) is 10.5. The van der Waals surface area contributed by atoms with Crippen LogP contribution in [0.5, 0.6) is 0 Å². The molecule has 0 aromatic heterocycles. The molecule has 0 radical (unpaired) electrons. The monoisotopic (exact) mass is 321 g/mol. The molecule has 0 aliphatic carbocycles. The molecule has 0 saturated heterocycles. The predicted molar refractivity (Wildman–Crippen MR) is 86.1 cm³/mol. The second-order valence-electron chi connectivity index (χ2n) is 4.75. The molecule has 116 valence electrons. The molecule has 0 aliphatic heterocycles. The second-order valence-corrected chi connectivity index (χ2v) is 6.17. The third kappa shape index (κ3) is 3.85. The second kappa shape index (κ2) is 7.40. The Balaban J connectivity index is 2.15. The van der Waals surface area contributed by atoms with Crippen LogP contribution >= 0.6 is 11.8 Å². The van der Waals surface area contributed by atoms with Crippen LogP contribution in [-0.4, -0.2) is 17.7 Å². The molecule has 2 nitrogen and oxygen atoms in total. The summed E-state index contributed by atoms with van der Waals surface area (Å²) in [7, 11) is 0. The van der Waals surface area contributed by atoms with E-state index in [1.54, 1.807) is 6.92 Å². The van der Waals surface area contributed by atoms with E-state index in [0.717, 1.165) is 17.0 Å². The summed E-state index contributed by atoms with van der Waals surface area (Å²) in [6.45, 7) is 4.01. The fraction of sp³-hybridized carbons (Fsp3) is 0.235. The minimum Gasteiger partial charge on any atom is -0.312 e. The molecule has 2 aromatic carbocycles. The van der Waals surface area contributed by atoms with Crippen LogP contribution in [-0.2, 0) is 4.79 Å². The summed E-state index contributed by atoms with van der Waals surface area (Å²) in [5.74, 6) is -2.01. The van der Waals surface area contributed by atoms with Crippen molar-refractivity contribution in [1.29, 1.82) is 0 Å². The van der Waals surface area contributed by atoms with Crippen molar-refractivity contribution in [2.45, 2.75) is 24.0 Å². The molecule has 0 saturated carbocycles. The Morgan fingerprint density at radius 3 is 2.41 bits per heavy atom. The number of carbonyl (C=O) groups excluding carboxylic acids is 1. The van der Waals surface area contributed by atoms with Gasteiger partial charge in [-0.05, 0) is 38.1 Å². The lowest BCUT2D eigenvalue weighted by Crippen LogP contribution is -2.36. The fourth-order valence-corrected chi connectivity index (χ4v) is 3.04. The van der Waals surface area contributed by atoms with Gasteiger partial charge in [0, 0.05) is 23.2 Å². The zero-order chi connectivity index (χ0) is 16.1. The molecule has 0 aliphatic rings. The van der Waals surface area contributed by atoms with Crippen molar-refractivity contribution in [3.05, 3.63) is 60.2 Å². The van der Waals surface area contributed by atoms with Crippen molar-refractivity contribution < 1.29 is 13.6 Å². The molecule has 0 spiro atoms. The Bertz CT molecular complexity index is 648. The third-order valence-corrected chi connectivity index (χ3v) is 4.30. The molecule has 2 rings (SSSR count). The molecule has 0 fully saturated rings. The summed E-state index contributed by atoms with van der Waals surface area (Å²) in [5.41, 5.74) is 0.368. The van der Waals surface area contributed by atoms with Crippen molar-refractivity contribution >= 4 is 23.4 Å². The van der Waals surface area contributed by atoms with E-state index in [4.69, 9.17) is 0 Å². The highest BCUT2D eigenvalue weighted by atomic mass is 32.2. The van der Waals surface area contributed by atoms with Gasteiger partial charge in [-0.3, -0.25) is 4.79 Å². The van der Waals surface area contributed by atoms with Crippen LogP contribution < -0.4 is 4.90 Å². The molecular formula is C17H17F2NOS. The summed E-state index contributed by atoms with van der Waals surface area (Å²) >= 11 is 1.44. The minimum absolute atomic E-state index is 0.137. The van der Waals surface area contributed by atoms with Gasteiger partial charge in [0.25, 0.3) is 0 Å². The summed E-state index contributed by atoms with van der Waals surface area (Å²) < 4.78 is 26.4. The number of rotatable bonds is 5. The highest BCUT2D eigenvalue weighted by Crippen LogP contribution is 2.26. The first-order valence-corrected chi connectivity index (χ1v) is 7.89. The first kappa shape index (κ1) is 16.5. The summed E-state index contributed by atoms with van der Waals surface area (Å²) in [6, 6.07) is 13.1. The van der Waals surface area contributed by atoms with Gasteiger partial charge in [0.2, 0.25) is 5.91 Å². The van der Waals surface area contributed by atoms with Gasteiger partial charge in [0.05, 0.1) is 5.25 Å². The van der Waals surface area contributed by atoms with Crippen LogP contribution in [0.1, 0.15) is 13.8 Å². The van der Waals surface area contributed by atoms with Crippen LogP contribution in [0, 0.1) is 11.6 Å². The summed E-state index contributed by atoms with van der Waals surface area (Å²) in [4.78, 5) is 15.0. The number of halogens is 2. The topological polar surface area (TPSA) is 20.3 Å². The molecule has 0 bridgehead atoms. The highest BCUT2D eigenvalue weighted by Gasteiger charge is 2.22. The maximum atomic E-state index is 13.4. The van der Waals surface area contributed by atoms with Crippen LogP contribution in [0.25, 0.3) is 0 Å². The number of thioether (sulfide) groups is 1. The van der Waals surface area contributed by atoms with Crippen molar-refractivity contribution in [1.82, 2.24) is 0 Å². The van der Waals surface area contributed by atoms with Gasteiger partial charge >= 0.3 is 0 Å². The van der Waals surface area contributed by atoms with Gasteiger partial charge in [0.15, 0.2) is 11.6 Å². The number of hydrogen-bond acceptors (Lipinski definition) is 2. The lowest BCUT2D eigenvalue weighted by molar-refractivity contribution is -0.117. The van der Waals surface area contributed by atoms with Gasteiger partial charge in [-0.15, -0.1) is 11.8 Å². The Morgan fingerprint density at radius 2 is 1.82 bits per heavy atom. The molecular weight excluding hydrogens is 304 g/mol. The molecule has 5 heteroatoms. The number of nitrogens with zero attached hydrogens (tertiary/aromatic N) is 1. The van der Waals surface area contributed by atoms with Crippen molar-refractivity contribution in [3.63, 3.8) is 0 Å². The molecule has 2 aromatic rings. The normalized spacial score (nSPS) is 12.0. The van der Waals surface area contributed by atoms with Crippen LogP contribution in [0.4, 0.5) is 14.5 Å². The molecule has 0 heterocycles. The van der Waals surface area contributed by atoms with Gasteiger partial charge in [0.1, 0.15) is 0 Å². The van der Waals surface area contributed by atoms with Crippen molar-refractivity contribution in [3.8, 4) is 0 Å².